The number of rotatable bonds is 3. The van der Waals surface area contributed by atoms with E-state index in [9.17, 15) is 0 Å². The van der Waals surface area contributed by atoms with Gasteiger partial charge in [-0.05, 0) is 6.92 Å². The van der Waals surface area contributed by atoms with E-state index in [-0.39, 0.29) is 0 Å². The summed E-state index contributed by atoms with van der Waals surface area (Å²) in [5.74, 6) is 7.63. The normalized spacial score (nSPS) is 10.9. The van der Waals surface area contributed by atoms with Gasteiger partial charge in [0.1, 0.15) is 11.5 Å². The number of anilines is 1. The fourth-order valence-corrected chi connectivity index (χ4v) is 2.07. The monoisotopic (exact) mass is 250 g/mol. The van der Waals surface area contributed by atoms with Crippen LogP contribution < -0.4 is 16.3 Å². The number of aryl methyl sites for hydroxylation is 3. The third-order valence-electron chi connectivity index (χ3n) is 2.94. The number of aromatic nitrogens is 4. The summed E-state index contributed by atoms with van der Waals surface area (Å²) in [7, 11) is 3.40. The van der Waals surface area contributed by atoms with Gasteiger partial charge < -0.3 is 16.3 Å². The highest BCUT2D eigenvalue weighted by Crippen LogP contribution is 2.35. The summed E-state index contributed by atoms with van der Waals surface area (Å²) in [5.41, 5.74) is 8.21. The molecule has 2 rings (SSSR count). The summed E-state index contributed by atoms with van der Waals surface area (Å²) < 4.78 is 8.41. The molecule has 18 heavy (non-hydrogen) atoms. The third kappa shape index (κ3) is 1.59. The summed E-state index contributed by atoms with van der Waals surface area (Å²) >= 11 is 0. The van der Waals surface area contributed by atoms with E-state index in [1.54, 1.807) is 11.8 Å². The van der Waals surface area contributed by atoms with Crippen LogP contribution in [0.4, 0.5) is 5.82 Å². The quantitative estimate of drug-likeness (QED) is 0.771. The van der Waals surface area contributed by atoms with Gasteiger partial charge in [-0.15, -0.1) is 0 Å². The van der Waals surface area contributed by atoms with E-state index in [2.05, 4.69) is 10.1 Å². The second kappa shape index (κ2) is 4.25. The van der Waals surface area contributed by atoms with E-state index >= 15 is 0 Å². The number of imidazole rings is 1. The van der Waals surface area contributed by atoms with E-state index < -0.39 is 0 Å². The number of hydrogen-bond acceptors (Lipinski definition) is 5. The SMILES string of the molecule is CCc1nc(-c2c(C)nn(C)c2OC)c(N)n1N. The van der Waals surface area contributed by atoms with Crippen LogP contribution in [-0.2, 0) is 13.5 Å². The maximum absolute atomic E-state index is 6.00. The molecule has 0 saturated heterocycles. The highest BCUT2D eigenvalue weighted by Gasteiger charge is 2.22. The van der Waals surface area contributed by atoms with Gasteiger partial charge in [0, 0.05) is 13.5 Å². The van der Waals surface area contributed by atoms with Crippen molar-refractivity contribution in [1.82, 2.24) is 19.4 Å². The van der Waals surface area contributed by atoms with Gasteiger partial charge >= 0.3 is 0 Å². The number of nitrogens with zero attached hydrogens (tertiary/aromatic N) is 4. The number of ether oxygens (including phenoxy) is 1. The lowest BCUT2D eigenvalue weighted by Gasteiger charge is -2.03. The zero-order valence-electron chi connectivity index (χ0n) is 11.1. The Balaban J connectivity index is 2.69. The van der Waals surface area contributed by atoms with Gasteiger partial charge in [0.2, 0.25) is 5.88 Å². The first-order valence-electron chi connectivity index (χ1n) is 5.71. The topological polar surface area (TPSA) is 96.9 Å². The maximum atomic E-state index is 6.00. The molecule has 2 aromatic heterocycles. The Morgan fingerprint density at radius 3 is 2.56 bits per heavy atom. The Morgan fingerprint density at radius 2 is 2.06 bits per heavy atom. The number of methoxy groups -OCH3 is 1. The van der Waals surface area contributed by atoms with Crippen molar-refractivity contribution in [2.45, 2.75) is 20.3 Å². The molecule has 0 aliphatic heterocycles. The molecule has 4 N–H and O–H groups in total. The molecule has 98 valence electrons. The third-order valence-corrected chi connectivity index (χ3v) is 2.94. The highest BCUT2D eigenvalue weighted by molar-refractivity contribution is 5.77. The lowest BCUT2D eigenvalue weighted by Crippen LogP contribution is -2.14. The highest BCUT2D eigenvalue weighted by atomic mass is 16.5. The van der Waals surface area contributed by atoms with Crippen molar-refractivity contribution in [2.24, 2.45) is 7.05 Å². The van der Waals surface area contributed by atoms with Gasteiger partial charge in [-0.2, -0.15) is 5.10 Å². The fourth-order valence-electron chi connectivity index (χ4n) is 2.07. The molecular weight excluding hydrogens is 232 g/mol. The van der Waals surface area contributed by atoms with Crippen molar-refractivity contribution in [3.63, 3.8) is 0 Å². The van der Waals surface area contributed by atoms with Crippen LogP contribution in [0, 0.1) is 6.92 Å². The molecular formula is C11H18N6O. The van der Waals surface area contributed by atoms with Crippen molar-refractivity contribution in [3.8, 4) is 17.1 Å². The van der Waals surface area contributed by atoms with Crippen LogP contribution in [0.15, 0.2) is 0 Å². The van der Waals surface area contributed by atoms with E-state index in [0.717, 1.165) is 17.1 Å². The Kier molecular flexibility index (Phi) is 2.90. The molecule has 0 fully saturated rings. The minimum absolute atomic E-state index is 0.418. The molecule has 0 bridgehead atoms. The van der Waals surface area contributed by atoms with Crippen LogP contribution in [0.3, 0.4) is 0 Å². The van der Waals surface area contributed by atoms with Crippen LogP contribution in [0.1, 0.15) is 18.4 Å². The average Bonchev–Trinajstić information content (AvgIpc) is 2.77. The van der Waals surface area contributed by atoms with Gasteiger partial charge in [0.05, 0.1) is 18.4 Å². The Bertz CT molecular complexity index is 583. The predicted octanol–water partition coefficient (Wildman–Crippen LogP) is 0.459. The van der Waals surface area contributed by atoms with E-state index in [0.29, 0.717) is 23.8 Å². The van der Waals surface area contributed by atoms with Crippen molar-refractivity contribution in [2.75, 3.05) is 18.7 Å². The van der Waals surface area contributed by atoms with Gasteiger partial charge in [-0.3, -0.25) is 0 Å². The Morgan fingerprint density at radius 1 is 1.39 bits per heavy atom. The van der Waals surface area contributed by atoms with Crippen molar-refractivity contribution < 1.29 is 4.74 Å². The van der Waals surface area contributed by atoms with E-state index in [1.165, 1.54) is 4.68 Å². The smallest absolute Gasteiger partial charge is 0.221 e. The second-order valence-corrected chi connectivity index (χ2v) is 4.08. The molecule has 0 spiro atoms. The lowest BCUT2D eigenvalue weighted by atomic mass is 10.2. The summed E-state index contributed by atoms with van der Waals surface area (Å²) in [5, 5.41) is 4.31. The summed E-state index contributed by atoms with van der Waals surface area (Å²) in [6, 6.07) is 0. The summed E-state index contributed by atoms with van der Waals surface area (Å²) in [6.45, 7) is 3.86. The van der Waals surface area contributed by atoms with Gasteiger partial charge in [-0.1, -0.05) is 6.92 Å². The molecule has 0 atom stereocenters. The summed E-state index contributed by atoms with van der Waals surface area (Å²) in [6.07, 6.45) is 0.711. The molecule has 7 nitrogen and oxygen atoms in total. The summed E-state index contributed by atoms with van der Waals surface area (Å²) in [4.78, 5) is 4.46. The standard InChI is InChI=1S/C11H18N6O/c1-5-7-14-9(10(12)17(7)13)8-6(2)15-16(3)11(8)18-4/h5,12-13H2,1-4H3. The number of nitrogen functional groups attached to an aromatic ring is 2. The van der Waals surface area contributed by atoms with Crippen LogP contribution in [0.2, 0.25) is 0 Å². The minimum atomic E-state index is 0.418. The fraction of sp³-hybridized carbons (Fsp3) is 0.455. The average molecular weight is 250 g/mol. The maximum Gasteiger partial charge on any atom is 0.221 e. The van der Waals surface area contributed by atoms with Crippen molar-refractivity contribution in [1.29, 1.82) is 0 Å². The molecule has 0 radical (unpaired) electrons. The Hall–Kier alpha value is -2.18. The first-order chi connectivity index (χ1) is 8.51. The van der Waals surface area contributed by atoms with Crippen LogP contribution in [0.5, 0.6) is 5.88 Å². The molecule has 0 aromatic carbocycles. The molecule has 0 saturated carbocycles. The minimum Gasteiger partial charge on any atom is -0.481 e. The number of hydrogen-bond donors (Lipinski definition) is 2. The molecule has 7 heteroatoms. The Labute approximate surface area is 105 Å². The van der Waals surface area contributed by atoms with Gasteiger partial charge in [0.15, 0.2) is 5.82 Å². The molecule has 0 aliphatic carbocycles. The second-order valence-electron chi connectivity index (χ2n) is 4.08. The number of nitrogens with two attached hydrogens (primary N) is 2. The van der Waals surface area contributed by atoms with Gasteiger partial charge in [-0.25, -0.2) is 14.3 Å². The van der Waals surface area contributed by atoms with Crippen LogP contribution >= 0.6 is 0 Å². The lowest BCUT2D eigenvalue weighted by molar-refractivity contribution is 0.374. The predicted molar refractivity (Wildman–Crippen MR) is 69.7 cm³/mol. The molecule has 2 heterocycles. The zero-order chi connectivity index (χ0) is 13.4. The van der Waals surface area contributed by atoms with Crippen molar-refractivity contribution >= 4 is 5.82 Å². The zero-order valence-corrected chi connectivity index (χ0v) is 11.1. The van der Waals surface area contributed by atoms with E-state index in [1.807, 2.05) is 20.9 Å². The first-order valence-corrected chi connectivity index (χ1v) is 5.71. The van der Waals surface area contributed by atoms with Gasteiger partial charge in [0.25, 0.3) is 0 Å². The van der Waals surface area contributed by atoms with Crippen LogP contribution in [-0.4, -0.2) is 26.6 Å². The molecule has 0 amide bonds. The van der Waals surface area contributed by atoms with Crippen molar-refractivity contribution in [3.05, 3.63) is 11.5 Å². The van der Waals surface area contributed by atoms with E-state index in [4.69, 9.17) is 16.3 Å². The largest absolute Gasteiger partial charge is 0.481 e. The molecule has 2 aromatic rings. The first kappa shape index (κ1) is 12.3. The molecule has 0 aliphatic rings. The molecule has 0 unspecified atom stereocenters. The van der Waals surface area contributed by atoms with Crippen LogP contribution in [0.25, 0.3) is 11.3 Å².